The van der Waals surface area contributed by atoms with E-state index < -0.39 is 0 Å². The molecule has 7 aromatic rings. The monoisotopic (exact) mass is 745 g/mol. The number of anilines is 2. The van der Waals surface area contributed by atoms with Gasteiger partial charge in [-0.1, -0.05) is 158 Å². The van der Waals surface area contributed by atoms with Gasteiger partial charge in [-0.3, -0.25) is 0 Å². The van der Waals surface area contributed by atoms with Crippen LogP contribution in [0.25, 0.3) is 42.4 Å². The first-order valence-corrected chi connectivity index (χ1v) is 20.7. The van der Waals surface area contributed by atoms with E-state index in [1.165, 1.54) is 86.9 Å². The minimum Gasteiger partial charge on any atom is -0.423 e. The second kappa shape index (κ2) is 13.1. The van der Waals surface area contributed by atoms with Gasteiger partial charge in [0.25, 0.3) is 0 Å². The third-order valence-corrected chi connectivity index (χ3v) is 13.6. The number of hydrogen-bond donors (Lipinski definition) is 0. The molecule has 2 heterocycles. The smallest absolute Gasteiger partial charge is 0.362 e. The van der Waals surface area contributed by atoms with Crippen molar-refractivity contribution in [3.8, 4) is 22.3 Å². The summed E-state index contributed by atoms with van der Waals surface area (Å²) in [5, 5.41) is 2.60. The first-order valence-electron chi connectivity index (χ1n) is 19.9. The first-order chi connectivity index (χ1) is 28.3. The molecule has 0 saturated carbocycles. The Kier molecular flexibility index (Phi) is 7.51. The molecule has 0 bridgehead atoms. The lowest BCUT2D eigenvalue weighted by molar-refractivity contribution is 0.337. The van der Waals surface area contributed by atoms with Gasteiger partial charge < -0.3 is 9.55 Å². The molecule has 0 saturated heterocycles. The van der Waals surface area contributed by atoms with Crippen LogP contribution in [0.15, 0.2) is 222 Å². The van der Waals surface area contributed by atoms with Crippen LogP contribution in [0.2, 0.25) is 0 Å². The summed E-state index contributed by atoms with van der Waals surface area (Å²) in [5.74, 6) is 0.580. The summed E-state index contributed by atoms with van der Waals surface area (Å²) >= 11 is 1.88. The van der Waals surface area contributed by atoms with E-state index in [-0.39, 0.29) is 12.8 Å². The van der Waals surface area contributed by atoms with Crippen LogP contribution < -0.4 is 15.8 Å². The van der Waals surface area contributed by atoms with Gasteiger partial charge in [0.05, 0.1) is 6.61 Å². The van der Waals surface area contributed by atoms with Crippen LogP contribution in [0.3, 0.4) is 0 Å². The molecular weight excluding hydrogens is 709 g/mol. The third kappa shape index (κ3) is 5.22. The maximum absolute atomic E-state index is 6.62. The van der Waals surface area contributed by atoms with Crippen molar-refractivity contribution in [2.75, 3.05) is 4.90 Å². The second-order valence-electron chi connectivity index (χ2n) is 15.5. The Morgan fingerprint density at radius 1 is 0.561 bits per heavy atom. The highest BCUT2D eigenvalue weighted by Gasteiger charge is 2.40. The topological polar surface area (TPSA) is 12.5 Å². The summed E-state index contributed by atoms with van der Waals surface area (Å²) in [7, 11) is 0. The summed E-state index contributed by atoms with van der Waals surface area (Å²) in [6.07, 6.45) is 20.9. The van der Waals surface area contributed by atoms with E-state index in [1.807, 2.05) is 11.3 Å². The molecule has 0 N–H and O–H groups in total. The van der Waals surface area contributed by atoms with Crippen molar-refractivity contribution >= 4 is 60.7 Å². The van der Waals surface area contributed by atoms with Gasteiger partial charge in [0.2, 0.25) is 0 Å². The maximum Gasteiger partial charge on any atom is 0.362 e. The zero-order valence-corrected chi connectivity index (χ0v) is 32.0. The Balaban J connectivity index is 1.10. The number of thiophene rings is 1. The molecule has 0 fully saturated rings. The molecule has 2 unspecified atom stereocenters. The normalized spacial score (nSPS) is 18.7. The molecule has 2 nitrogen and oxygen atoms in total. The predicted octanol–water partition coefficient (Wildman–Crippen LogP) is 12.2. The molecule has 57 heavy (non-hydrogen) atoms. The van der Waals surface area contributed by atoms with Gasteiger partial charge in [-0.2, -0.15) is 0 Å². The Labute approximate surface area is 337 Å². The SMILES string of the molecule is C1=CC2=CC=C3C=CC(N(c4ccc(-c5ccccc5)cc4)c4cc(-c5cccc6c5COB6c5ccccc5)c5c(c4)sc4ccccc45)=C4C=CC(=C1)C2C34. The number of rotatable bonds is 6. The number of nitrogens with zero attached hydrogens (tertiary/aromatic N) is 1. The predicted molar refractivity (Wildman–Crippen MR) is 241 cm³/mol. The summed E-state index contributed by atoms with van der Waals surface area (Å²) in [5.41, 5.74) is 17.6. The highest BCUT2D eigenvalue weighted by atomic mass is 32.1. The van der Waals surface area contributed by atoms with E-state index >= 15 is 0 Å². The molecule has 4 aliphatic carbocycles. The molecule has 0 spiro atoms. The summed E-state index contributed by atoms with van der Waals surface area (Å²) in [6.45, 7) is 0.492. The van der Waals surface area contributed by atoms with E-state index in [2.05, 4.69) is 199 Å². The van der Waals surface area contributed by atoms with Crippen LogP contribution in [0.1, 0.15) is 5.56 Å². The zero-order valence-electron chi connectivity index (χ0n) is 31.2. The minimum absolute atomic E-state index is 0.0821. The average molecular weight is 746 g/mol. The molecule has 5 aliphatic rings. The summed E-state index contributed by atoms with van der Waals surface area (Å²) in [6, 6.07) is 51.0. The third-order valence-electron chi connectivity index (χ3n) is 12.5. The molecule has 4 heteroatoms. The number of hydrogen-bond acceptors (Lipinski definition) is 3. The van der Waals surface area contributed by atoms with E-state index in [0.29, 0.717) is 12.5 Å². The molecule has 2 atom stereocenters. The van der Waals surface area contributed by atoms with Crippen LogP contribution in [0, 0.1) is 11.8 Å². The number of benzene rings is 6. The standard InChI is InChI=1S/C53H36BNOS/c1-3-11-34(12-4-1)35-23-27-40(28-24-35)55(48-30-26-38-22-21-36-13-9-14-37-25-29-43(48)52(38)51(36)37)41-31-45(53-44-17-7-8-20-49(44)57-50(53)32-41)42-18-10-19-47-46(42)33-56-54(47)39-15-5-2-6-16-39/h1-32,51-52H,33H2. The lowest BCUT2D eigenvalue weighted by Gasteiger charge is -2.42. The zero-order chi connectivity index (χ0) is 37.5. The van der Waals surface area contributed by atoms with Gasteiger partial charge >= 0.3 is 6.92 Å². The quantitative estimate of drug-likeness (QED) is 0.157. The van der Waals surface area contributed by atoms with Gasteiger partial charge in [0, 0.05) is 49.1 Å². The van der Waals surface area contributed by atoms with Crippen molar-refractivity contribution < 1.29 is 4.65 Å². The van der Waals surface area contributed by atoms with Gasteiger partial charge in [-0.15, -0.1) is 11.3 Å². The molecule has 0 radical (unpaired) electrons. The van der Waals surface area contributed by atoms with Crippen molar-refractivity contribution in [1.82, 2.24) is 0 Å². The van der Waals surface area contributed by atoms with Gasteiger partial charge in [-0.05, 0) is 97.4 Å². The van der Waals surface area contributed by atoms with Crippen LogP contribution in [0.4, 0.5) is 11.4 Å². The first kappa shape index (κ1) is 32.8. The Morgan fingerprint density at radius 2 is 1.30 bits per heavy atom. The Morgan fingerprint density at radius 3 is 2.16 bits per heavy atom. The molecule has 0 amide bonds. The fourth-order valence-corrected chi connectivity index (χ4v) is 11.0. The van der Waals surface area contributed by atoms with Crippen molar-refractivity contribution in [2.24, 2.45) is 11.8 Å². The van der Waals surface area contributed by atoms with Crippen molar-refractivity contribution in [3.05, 3.63) is 228 Å². The molecule has 12 rings (SSSR count). The van der Waals surface area contributed by atoms with E-state index in [0.717, 1.165) is 11.4 Å². The molecule has 1 aromatic heterocycles. The highest BCUT2D eigenvalue weighted by molar-refractivity contribution is 7.26. The fraction of sp³-hybridized carbons (Fsp3) is 0.0566. The molecule has 1 aliphatic heterocycles. The highest BCUT2D eigenvalue weighted by Crippen LogP contribution is 2.52. The summed E-state index contributed by atoms with van der Waals surface area (Å²) in [4.78, 5) is 2.52. The molecular formula is C53H36BNOS. The van der Waals surface area contributed by atoms with Crippen LogP contribution >= 0.6 is 11.3 Å². The Bertz CT molecular complexity index is 3010. The number of allylic oxidation sites excluding steroid dienone is 13. The van der Waals surface area contributed by atoms with Crippen LogP contribution in [-0.2, 0) is 11.3 Å². The second-order valence-corrected chi connectivity index (χ2v) is 16.6. The largest absolute Gasteiger partial charge is 0.423 e. The lowest BCUT2D eigenvalue weighted by atomic mass is 9.55. The van der Waals surface area contributed by atoms with Crippen molar-refractivity contribution in [3.63, 3.8) is 0 Å². The maximum atomic E-state index is 6.62. The van der Waals surface area contributed by atoms with Gasteiger partial charge in [0.15, 0.2) is 0 Å². The lowest BCUT2D eigenvalue weighted by Crippen LogP contribution is -2.41. The Hall–Kier alpha value is -6.46. The average Bonchev–Trinajstić information content (AvgIpc) is 3.89. The van der Waals surface area contributed by atoms with Crippen molar-refractivity contribution in [1.29, 1.82) is 0 Å². The van der Waals surface area contributed by atoms with Crippen LogP contribution in [0.5, 0.6) is 0 Å². The van der Waals surface area contributed by atoms with Gasteiger partial charge in [-0.25, -0.2) is 0 Å². The van der Waals surface area contributed by atoms with Crippen molar-refractivity contribution in [2.45, 2.75) is 6.61 Å². The van der Waals surface area contributed by atoms with Gasteiger partial charge in [0.1, 0.15) is 0 Å². The van der Waals surface area contributed by atoms with Crippen LogP contribution in [-0.4, -0.2) is 6.92 Å². The fourth-order valence-electron chi connectivity index (χ4n) is 9.86. The van der Waals surface area contributed by atoms with E-state index in [4.69, 9.17) is 4.65 Å². The molecule has 6 aromatic carbocycles. The summed E-state index contributed by atoms with van der Waals surface area (Å²) < 4.78 is 9.19. The van der Waals surface area contributed by atoms with E-state index in [1.54, 1.807) is 0 Å². The molecule has 268 valence electrons. The van der Waals surface area contributed by atoms with E-state index in [9.17, 15) is 0 Å². The minimum atomic E-state index is -0.0821. The number of fused-ring (bicyclic) bond motifs is 4.